The number of carbonyl (C=O) groups excluding carboxylic acids is 1. The Morgan fingerprint density at radius 2 is 2.27 bits per heavy atom. The van der Waals surface area contributed by atoms with Gasteiger partial charge in [0.15, 0.2) is 0 Å². The number of hydrogen-bond acceptors (Lipinski definition) is 2. The van der Waals surface area contributed by atoms with E-state index in [1.54, 1.807) is 19.3 Å². The van der Waals surface area contributed by atoms with Gasteiger partial charge in [0.2, 0.25) is 0 Å². The van der Waals surface area contributed by atoms with Crippen LogP contribution in [0.1, 0.15) is 23.2 Å². The van der Waals surface area contributed by atoms with Crippen molar-refractivity contribution >= 4 is 21.8 Å². The van der Waals surface area contributed by atoms with Crippen molar-refractivity contribution in [3.8, 4) is 0 Å². The molecule has 1 N–H and O–H groups in total. The summed E-state index contributed by atoms with van der Waals surface area (Å²) in [5, 5.41) is 2.79. The van der Waals surface area contributed by atoms with Gasteiger partial charge in [-0.05, 0) is 34.8 Å². The first-order chi connectivity index (χ1) is 7.08. The van der Waals surface area contributed by atoms with Crippen LogP contribution in [0.4, 0.5) is 0 Å². The number of nitrogens with zero attached hydrogens (tertiary/aromatic N) is 1. The SMILES string of the molecule is Cn1cc(Br)cc(C(=O)NC2CC2)c1=O. The standard InChI is InChI=1S/C10H11BrN2O2/c1-13-5-6(11)4-8(10(13)15)9(14)12-7-2-3-7/h4-5,7H,2-3H2,1H3,(H,12,14). The predicted octanol–water partition coefficient (Wildman–Crippen LogP) is 1.04. The Morgan fingerprint density at radius 1 is 1.60 bits per heavy atom. The van der Waals surface area contributed by atoms with Gasteiger partial charge >= 0.3 is 0 Å². The fraction of sp³-hybridized carbons (Fsp3) is 0.400. The van der Waals surface area contributed by atoms with Gasteiger partial charge in [0.05, 0.1) is 0 Å². The summed E-state index contributed by atoms with van der Waals surface area (Å²) in [6.45, 7) is 0. The van der Waals surface area contributed by atoms with Gasteiger partial charge in [-0.2, -0.15) is 0 Å². The molecule has 15 heavy (non-hydrogen) atoms. The number of hydrogen-bond donors (Lipinski definition) is 1. The van der Waals surface area contributed by atoms with Crippen LogP contribution < -0.4 is 10.9 Å². The highest BCUT2D eigenvalue weighted by molar-refractivity contribution is 9.10. The lowest BCUT2D eigenvalue weighted by atomic mass is 10.2. The van der Waals surface area contributed by atoms with E-state index in [1.807, 2.05) is 0 Å². The first-order valence-corrected chi connectivity index (χ1v) is 5.54. The molecular weight excluding hydrogens is 260 g/mol. The molecule has 0 saturated heterocycles. The average molecular weight is 271 g/mol. The predicted molar refractivity (Wildman–Crippen MR) is 59.9 cm³/mol. The zero-order valence-corrected chi connectivity index (χ0v) is 9.87. The Morgan fingerprint density at radius 3 is 2.87 bits per heavy atom. The molecule has 80 valence electrons. The number of halogens is 1. The molecule has 1 aliphatic rings. The molecule has 1 fully saturated rings. The smallest absolute Gasteiger partial charge is 0.263 e. The lowest BCUT2D eigenvalue weighted by molar-refractivity contribution is 0.0949. The van der Waals surface area contributed by atoms with E-state index >= 15 is 0 Å². The Balaban J connectivity index is 2.33. The highest BCUT2D eigenvalue weighted by Gasteiger charge is 2.25. The minimum absolute atomic E-state index is 0.193. The molecular formula is C10H11BrN2O2. The molecule has 1 saturated carbocycles. The van der Waals surface area contributed by atoms with Crippen molar-refractivity contribution in [1.29, 1.82) is 0 Å². The Labute approximate surface area is 95.4 Å². The monoisotopic (exact) mass is 270 g/mol. The second-order valence-corrected chi connectivity index (χ2v) is 4.65. The number of aryl methyl sites for hydroxylation is 1. The normalized spacial score (nSPS) is 15.1. The molecule has 0 aromatic carbocycles. The van der Waals surface area contributed by atoms with Crippen molar-refractivity contribution in [3.63, 3.8) is 0 Å². The molecule has 1 aromatic heterocycles. The molecule has 0 spiro atoms. The van der Waals surface area contributed by atoms with E-state index in [2.05, 4.69) is 21.2 Å². The van der Waals surface area contributed by atoms with Crippen LogP contribution in [0.2, 0.25) is 0 Å². The lowest BCUT2D eigenvalue weighted by Gasteiger charge is -2.05. The highest BCUT2D eigenvalue weighted by Crippen LogP contribution is 2.19. The number of aromatic nitrogens is 1. The maximum absolute atomic E-state index is 11.7. The maximum atomic E-state index is 11.7. The van der Waals surface area contributed by atoms with E-state index in [9.17, 15) is 9.59 Å². The van der Waals surface area contributed by atoms with Gasteiger partial charge in [0.1, 0.15) is 5.56 Å². The summed E-state index contributed by atoms with van der Waals surface area (Å²) in [5.74, 6) is -0.278. The van der Waals surface area contributed by atoms with Gasteiger partial charge in [-0.25, -0.2) is 0 Å². The molecule has 0 unspecified atom stereocenters. The topological polar surface area (TPSA) is 51.1 Å². The van der Waals surface area contributed by atoms with Crippen molar-refractivity contribution in [2.24, 2.45) is 7.05 Å². The first kappa shape index (κ1) is 10.4. The summed E-state index contributed by atoms with van der Waals surface area (Å²) in [7, 11) is 1.63. The zero-order valence-electron chi connectivity index (χ0n) is 8.29. The molecule has 1 amide bonds. The third kappa shape index (κ3) is 2.28. The largest absolute Gasteiger partial charge is 0.349 e. The number of pyridine rings is 1. The minimum Gasteiger partial charge on any atom is -0.349 e. The lowest BCUT2D eigenvalue weighted by Crippen LogP contribution is -2.33. The highest BCUT2D eigenvalue weighted by atomic mass is 79.9. The summed E-state index contributed by atoms with van der Waals surface area (Å²) >= 11 is 3.26. The van der Waals surface area contributed by atoms with E-state index in [0.717, 1.165) is 17.3 Å². The third-order valence-electron chi connectivity index (χ3n) is 2.31. The molecule has 0 bridgehead atoms. The van der Waals surface area contributed by atoms with Gasteiger partial charge in [0.25, 0.3) is 11.5 Å². The van der Waals surface area contributed by atoms with Gasteiger partial charge in [-0.15, -0.1) is 0 Å². The van der Waals surface area contributed by atoms with Crippen LogP contribution in [0.5, 0.6) is 0 Å². The second kappa shape index (κ2) is 3.81. The van der Waals surface area contributed by atoms with Gasteiger partial charge in [-0.1, -0.05) is 0 Å². The minimum atomic E-state index is -0.278. The van der Waals surface area contributed by atoms with Gasteiger partial charge in [-0.3, -0.25) is 9.59 Å². The van der Waals surface area contributed by atoms with Crippen LogP contribution in [0.3, 0.4) is 0 Å². The molecule has 4 nitrogen and oxygen atoms in total. The molecule has 5 heteroatoms. The molecule has 1 aromatic rings. The fourth-order valence-electron chi connectivity index (χ4n) is 1.32. The van der Waals surface area contributed by atoms with E-state index in [4.69, 9.17) is 0 Å². The summed E-state index contributed by atoms with van der Waals surface area (Å²) in [6, 6.07) is 1.82. The van der Waals surface area contributed by atoms with Crippen molar-refractivity contribution in [1.82, 2.24) is 9.88 Å². The van der Waals surface area contributed by atoms with Crippen molar-refractivity contribution in [2.45, 2.75) is 18.9 Å². The van der Waals surface area contributed by atoms with Crippen LogP contribution in [0.25, 0.3) is 0 Å². The summed E-state index contributed by atoms with van der Waals surface area (Å²) in [4.78, 5) is 23.3. The van der Waals surface area contributed by atoms with Crippen LogP contribution >= 0.6 is 15.9 Å². The second-order valence-electron chi connectivity index (χ2n) is 3.74. The fourth-order valence-corrected chi connectivity index (χ4v) is 1.86. The molecule has 1 heterocycles. The zero-order chi connectivity index (χ0) is 11.0. The van der Waals surface area contributed by atoms with Crippen molar-refractivity contribution < 1.29 is 4.79 Å². The van der Waals surface area contributed by atoms with Crippen molar-refractivity contribution in [2.75, 3.05) is 0 Å². The van der Waals surface area contributed by atoms with Crippen LogP contribution in [0.15, 0.2) is 21.5 Å². The molecule has 0 aliphatic heterocycles. The number of carbonyl (C=O) groups is 1. The van der Waals surface area contributed by atoms with Gasteiger partial charge < -0.3 is 9.88 Å². The van der Waals surface area contributed by atoms with Crippen molar-refractivity contribution in [3.05, 3.63) is 32.7 Å². The van der Waals surface area contributed by atoms with Crippen LogP contribution in [-0.2, 0) is 7.05 Å². The summed E-state index contributed by atoms with van der Waals surface area (Å²) < 4.78 is 2.12. The van der Waals surface area contributed by atoms with E-state index in [1.165, 1.54) is 4.57 Å². The number of nitrogens with one attached hydrogen (secondary N) is 1. The Kier molecular flexibility index (Phi) is 2.65. The van der Waals surface area contributed by atoms with E-state index < -0.39 is 0 Å². The average Bonchev–Trinajstić information content (AvgIpc) is 2.94. The van der Waals surface area contributed by atoms with Gasteiger partial charge in [0, 0.05) is 23.8 Å². The van der Waals surface area contributed by atoms with Crippen LogP contribution in [0, 0.1) is 0 Å². The molecule has 0 radical (unpaired) electrons. The Bertz CT molecular complexity index is 463. The quantitative estimate of drug-likeness (QED) is 0.873. The molecule has 1 aliphatic carbocycles. The summed E-state index contributed by atoms with van der Waals surface area (Å²) in [6.07, 6.45) is 3.66. The number of rotatable bonds is 2. The summed E-state index contributed by atoms with van der Waals surface area (Å²) in [5.41, 5.74) is -0.0740. The number of amides is 1. The third-order valence-corrected chi connectivity index (χ3v) is 2.74. The molecule has 2 rings (SSSR count). The first-order valence-electron chi connectivity index (χ1n) is 4.75. The maximum Gasteiger partial charge on any atom is 0.263 e. The van der Waals surface area contributed by atoms with Crippen LogP contribution in [-0.4, -0.2) is 16.5 Å². The van der Waals surface area contributed by atoms with E-state index in [-0.39, 0.29) is 23.1 Å². The van der Waals surface area contributed by atoms with E-state index in [0.29, 0.717) is 0 Å². The Hall–Kier alpha value is -1.10. The molecule has 0 atom stereocenters.